The van der Waals surface area contributed by atoms with Crippen molar-refractivity contribution in [3.05, 3.63) is 94.0 Å². The fourth-order valence-corrected chi connectivity index (χ4v) is 4.33. The minimum Gasteiger partial charge on any atom is -0.489 e. The Balaban J connectivity index is 0.00000119. The number of ether oxygens (including phenoxy) is 1. The fourth-order valence-electron chi connectivity index (χ4n) is 4.33. The Morgan fingerprint density at radius 3 is 2.50 bits per heavy atom. The third kappa shape index (κ3) is 4.21. The van der Waals surface area contributed by atoms with Crippen molar-refractivity contribution in [1.29, 1.82) is 0 Å². The number of benzene rings is 2. The lowest BCUT2D eigenvalue weighted by molar-refractivity contribution is 0.305. The molecule has 0 spiro atoms. The molecule has 0 saturated heterocycles. The van der Waals surface area contributed by atoms with Gasteiger partial charge in [-0.2, -0.15) is 0 Å². The molecule has 2 aromatic heterocycles. The van der Waals surface area contributed by atoms with Gasteiger partial charge in [0.15, 0.2) is 0 Å². The van der Waals surface area contributed by atoms with Crippen LogP contribution in [0.4, 0.5) is 0 Å². The van der Waals surface area contributed by atoms with Crippen LogP contribution < -0.4 is 10.3 Å². The number of nitrogens with zero attached hydrogens (tertiary/aromatic N) is 3. The first kappa shape index (κ1) is 21.9. The highest BCUT2D eigenvalue weighted by Gasteiger charge is 2.21. The minimum atomic E-state index is -0.0985. The fraction of sp³-hybridized carbons (Fsp3) is 0.296. The largest absolute Gasteiger partial charge is 0.489 e. The van der Waals surface area contributed by atoms with E-state index >= 15 is 0 Å². The van der Waals surface area contributed by atoms with E-state index < -0.39 is 0 Å². The maximum absolute atomic E-state index is 12.8. The highest BCUT2D eigenvalue weighted by molar-refractivity contribution is 5.87. The summed E-state index contributed by atoms with van der Waals surface area (Å²) in [5, 5.41) is 1.29. The lowest BCUT2D eigenvalue weighted by Crippen LogP contribution is -2.27. The predicted molar refractivity (Wildman–Crippen MR) is 131 cm³/mol. The van der Waals surface area contributed by atoms with E-state index in [0.29, 0.717) is 12.4 Å². The number of aromatic nitrogens is 2. The Bertz CT molecular complexity index is 1270. The van der Waals surface area contributed by atoms with Crippen molar-refractivity contribution in [3.8, 4) is 11.4 Å². The van der Waals surface area contributed by atoms with Crippen LogP contribution in [0, 0.1) is 0 Å². The molecule has 5 nitrogen and oxygen atoms in total. The highest BCUT2D eigenvalue weighted by atomic mass is 16.5. The zero-order valence-corrected chi connectivity index (χ0v) is 19.3. The zero-order chi connectivity index (χ0) is 22.7. The Morgan fingerprint density at radius 1 is 0.969 bits per heavy atom. The van der Waals surface area contributed by atoms with Crippen molar-refractivity contribution in [2.24, 2.45) is 7.05 Å². The Morgan fingerprint density at radius 2 is 1.75 bits per heavy atom. The molecule has 5 heteroatoms. The maximum Gasteiger partial charge on any atom is 0.258 e. The number of rotatable bonds is 4. The summed E-state index contributed by atoms with van der Waals surface area (Å²) in [6, 6.07) is 19.6. The number of aryl methyl sites for hydroxylation is 1. The molecule has 2 aromatic carbocycles. The number of hydrogen-bond donors (Lipinski definition) is 0. The summed E-state index contributed by atoms with van der Waals surface area (Å²) in [5.41, 5.74) is 5.82. The zero-order valence-electron chi connectivity index (χ0n) is 19.3. The second-order valence-corrected chi connectivity index (χ2v) is 8.02. The monoisotopic (exact) mass is 429 g/mol. The van der Waals surface area contributed by atoms with E-state index in [1.54, 1.807) is 16.8 Å². The Labute approximate surface area is 189 Å². The number of likely N-dealkylation sites (N-methyl/N-ethyl adjacent to an activating group) is 1. The van der Waals surface area contributed by atoms with Crippen molar-refractivity contribution >= 4 is 10.9 Å². The van der Waals surface area contributed by atoms with Crippen molar-refractivity contribution in [3.63, 3.8) is 0 Å². The van der Waals surface area contributed by atoms with Crippen LogP contribution in [0.5, 0.6) is 5.75 Å². The van der Waals surface area contributed by atoms with Gasteiger partial charge in [0.1, 0.15) is 12.4 Å². The average Bonchev–Trinajstić information content (AvgIpc) is 3.10. The van der Waals surface area contributed by atoms with Gasteiger partial charge in [-0.15, -0.1) is 0 Å². The second-order valence-electron chi connectivity index (χ2n) is 8.02. The van der Waals surface area contributed by atoms with Crippen molar-refractivity contribution in [2.75, 3.05) is 13.6 Å². The maximum atomic E-state index is 12.8. The standard InChI is InChI=1S/C25H25N3O2.C2H6/c1-26-12-11-22-21-9-8-19(14-23(21)27(2)24(22)16-26)28-13-10-20(15-25(28)29)30-17-18-6-4-3-5-7-18;1-2/h3-10,13-15H,11-12,16-17H2,1-2H3;1-2H3. The molecule has 0 radical (unpaired) electrons. The third-order valence-corrected chi connectivity index (χ3v) is 6.00. The first-order valence-corrected chi connectivity index (χ1v) is 11.3. The molecule has 0 atom stereocenters. The molecule has 0 aliphatic carbocycles. The molecule has 3 heterocycles. The summed E-state index contributed by atoms with van der Waals surface area (Å²) in [6.07, 6.45) is 2.86. The van der Waals surface area contributed by atoms with Crippen molar-refractivity contribution < 1.29 is 4.74 Å². The van der Waals surface area contributed by atoms with Gasteiger partial charge in [-0.25, -0.2) is 0 Å². The van der Waals surface area contributed by atoms with E-state index in [4.69, 9.17) is 4.74 Å². The molecule has 5 rings (SSSR count). The van der Waals surface area contributed by atoms with Gasteiger partial charge in [0.25, 0.3) is 5.56 Å². The van der Waals surface area contributed by atoms with Gasteiger partial charge in [0, 0.05) is 43.5 Å². The number of pyridine rings is 1. The molecule has 0 amide bonds. The van der Waals surface area contributed by atoms with Gasteiger partial charge >= 0.3 is 0 Å². The second kappa shape index (κ2) is 9.45. The molecule has 0 fully saturated rings. The van der Waals surface area contributed by atoms with Crippen LogP contribution in [0.15, 0.2) is 71.7 Å². The Kier molecular flexibility index (Phi) is 6.47. The molecular weight excluding hydrogens is 398 g/mol. The summed E-state index contributed by atoms with van der Waals surface area (Å²) in [5.74, 6) is 0.582. The van der Waals surface area contributed by atoms with E-state index in [0.717, 1.165) is 30.8 Å². The van der Waals surface area contributed by atoms with Gasteiger partial charge in [0.05, 0.1) is 11.2 Å². The average molecular weight is 430 g/mol. The molecule has 0 N–H and O–H groups in total. The summed E-state index contributed by atoms with van der Waals surface area (Å²) in [6.45, 7) is 6.49. The molecule has 0 unspecified atom stereocenters. The topological polar surface area (TPSA) is 39.4 Å². The first-order valence-electron chi connectivity index (χ1n) is 11.3. The molecule has 1 aliphatic rings. The third-order valence-electron chi connectivity index (χ3n) is 6.00. The van der Waals surface area contributed by atoms with Gasteiger partial charge in [-0.3, -0.25) is 9.36 Å². The lowest BCUT2D eigenvalue weighted by Gasteiger charge is -2.23. The van der Waals surface area contributed by atoms with Crippen LogP contribution in [-0.2, 0) is 26.6 Å². The van der Waals surface area contributed by atoms with Gasteiger partial charge in [-0.05, 0) is 42.8 Å². The van der Waals surface area contributed by atoms with Crippen LogP contribution in [0.25, 0.3) is 16.6 Å². The SMILES string of the molecule is CC.CN1CCc2c(n(C)c3cc(-n4ccc(OCc5ccccc5)cc4=O)ccc23)C1. The van der Waals surface area contributed by atoms with E-state index in [2.05, 4.69) is 35.7 Å². The van der Waals surface area contributed by atoms with Crippen LogP contribution >= 0.6 is 0 Å². The molecule has 4 aromatic rings. The smallest absolute Gasteiger partial charge is 0.258 e. The number of hydrogen-bond acceptors (Lipinski definition) is 3. The predicted octanol–water partition coefficient (Wildman–Crippen LogP) is 4.92. The summed E-state index contributed by atoms with van der Waals surface area (Å²) in [4.78, 5) is 15.1. The van der Waals surface area contributed by atoms with Crippen LogP contribution in [0.1, 0.15) is 30.7 Å². The molecular formula is C27H31N3O2. The molecule has 32 heavy (non-hydrogen) atoms. The number of fused-ring (bicyclic) bond motifs is 3. The summed E-state index contributed by atoms with van der Waals surface area (Å²) in [7, 11) is 4.28. The van der Waals surface area contributed by atoms with Crippen molar-refractivity contribution in [1.82, 2.24) is 14.0 Å². The van der Waals surface area contributed by atoms with Crippen LogP contribution in [0.3, 0.4) is 0 Å². The molecule has 0 bridgehead atoms. The van der Waals surface area contributed by atoms with Crippen molar-refractivity contribution in [2.45, 2.75) is 33.4 Å². The quantitative estimate of drug-likeness (QED) is 0.462. The van der Waals surface area contributed by atoms with Crippen LogP contribution in [0.2, 0.25) is 0 Å². The first-order chi connectivity index (χ1) is 15.6. The van der Waals surface area contributed by atoms with E-state index in [1.165, 1.54) is 22.2 Å². The Hall–Kier alpha value is -3.31. The molecule has 166 valence electrons. The van der Waals surface area contributed by atoms with E-state index in [-0.39, 0.29) is 5.56 Å². The molecule has 1 aliphatic heterocycles. The highest BCUT2D eigenvalue weighted by Crippen LogP contribution is 2.31. The van der Waals surface area contributed by atoms with Gasteiger partial charge in [0.2, 0.25) is 0 Å². The van der Waals surface area contributed by atoms with Gasteiger partial charge < -0.3 is 14.2 Å². The van der Waals surface area contributed by atoms with E-state index in [1.807, 2.05) is 56.3 Å². The lowest BCUT2D eigenvalue weighted by atomic mass is 10.0. The van der Waals surface area contributed by atoms with Gasteiger partial charge in [-0.1, -0.05) is 50.2 Å². The van der Waals surface area contributed by atoms with Crippen LogP contribution in [-0.4, -0.2) is 27.6 Å². The minimum absolute atomic E-state index is 0.0985. The summed E-state index contributed by atoms with van der Waals surface area (Å²) < 4.78 is 9.74. The molecule has 0 saturated carbocycles. The normalized spacial score (nSPS) is 13.4. The summed E-state index contributed by atoms with van der Waals surface area (Å²) >= 11 is 0. The van der Waals surface area contributed by atoms with E-state index in [9.17, 15) is 4.79 Å².